The van der Waals surface area contributed by atoms with E-state index >= 15 is 0 Å². The number of ether oxygens (including phenoxy) is 1. The van der Waals surface area contributed by atoms with Crippen molar-refractivity contribution in [3.05, 3.63) is 29.8 Å². The predicted octanol–water partition coefficient (Wildman–Crippen LogP) is 3.51. The molecule has 1 aromatic heterocycles. The van der Waals surface area contributed by atoms with Crippen LogP contribution in [0.2, 0.25) is 0 Å². The van der Waals surface area contributed by atoms with E-state index in [4.69, 9.17) is 4.74 Å². The number of thioether (sulfide) groups is 1. The monoisotopic (exact) mass is 402 g/mol. The number of rotatable bonds is 4. The van der Waals surface area contributed by atoms with Crippen molar-refractivity contribution in [2.45, 2.75) is 57.4 Å². The second-order valence-electron chi connectivity index (χ2n) is 8.54. The number of hydrogen-bond donors (Lipinski definition) is 0. The molecule has 0 spiro atoms. The van der Waals surface area contributed by atoms with E-state index in [2.05, 4.69) is 55.2 Å². The summed E-state index contributed by atoms with van der Waals surface area (Å²) in [5.41, 5.74) is 2.43. The van der Waals surface area contributed by atoms with E-state index < -0.39 is 0 Å². The van der Waals surface area contributed by atoms with Gasteiger partial charge in [0.25, 0.3) is 0 Å². The van der Waals surface area contributed by atoms with Crippen molar-refractivity contribution >= 4 is 17.7 Å². The van der Waals surface area contributed by atoms with Gasteiger partial charge >= 0.3 is 0 Å². The van der Waals surface area contributed by atoms with E-state index in [1.54, 1.807) is 0 Å². The van der Waals surface area contributed by atoms with Crippen molar-refractivity contribution in [3.8, 4) is 11.4 Å². The van der Waals surface area contributed by atoms with Crippen LogP contribution in [0.4, 0.5) is 0 Å². The summed E-state index contributed by atoms with van der Waals surface area (Å²) in [5.74, 6) is 1.28. The predicted molar refractivity (Wildman–Crippen MR) is 112 cm³/mol. The fraction of sp³-hybridized carbons (Fsp3) is 0.571. The lowest BCUT2D eigenvalue weighted by molar-refractivity contribution is -0.140. The van der Waals surface area contributed by atoms with Gasteiger partial charge in [0, 0.05) is 25.7 Å². The molecule has 1 aliphatic heterocycles. The second kappa shape index (κ2) is 8.25. The zero-order chi connectivity index (χ0) is 20.5. The molecule has 6 nitrogen and oxygen atoms in total. The number of aromatic nitrogens is 3. The van der Waals surface area contributed by atoms with E-state index in [0.717, 1.165) is 16.5 Å². The van der Waals surface area contributed by atoms with Crippen LogP contribution in [-0.2, 0) is 22.0 Å². The Morgan fingerprint density at radius 2 is 1.75 bits per heavy atom. The number of carbonyl (C=O) groups is 1. The van der Waals surface area contributed by atoms with Crippen LogP contribution < -0.4 is 0 Å². The van der Waals surface area contributed by atoms with Crippen LogP contribution in [0.3, 0.4) is 0 Å². The van der Waals surface area contributed by atoms with Gasteiger partial charge in [0.1, 0.15) is 0 Å². The molecule has 2 aromatic rings. The summed E-state index contributed by atoms with van der Waals surface area (Å²) in [6, 6.07) is 8.45. The standard InChI is InChI=1S/C21H30N4O2S/c1-14-11-25(12-15(2)27-14)18(26)13-28-20-23-22-19(24(20)6)16-7-9-17(10-8-16)21(3,4)5/h7-10,14-15H,11-13H2,1-6H3/t14-,15-/m0/s1. The van der Waals surface area contributed by atoms with Gasteiger partial charge in [-0.25, -0.2) is 0 Å². The van der Waals surface area contributed by atoms with Gasteiger partial charge in [0.05, 0.1) is 18.0 Å². The molecular weight excluding hydrogens is 372 g/mol. The number of carbonyl (C=O) groups excluding carboxylic acids is 1. The minimum Gasteiger partial charge on any atom is -0.372 e. The molecule has 2 heterocycles. The second-order valence-corrected chi connectivity index (χ2v) is 9.48. The molecule has 1 saturated heterocycles. The first-order chi connectivity index (χ1) is 13.1. The minimum atomic E-state index is 0.0789. The molecule has 0 radical (unpaired) electrons. The number of nitrogens with zero attached hydrogens (tertiary/aromatic N) is 4. The molecule has 0 aliphatic carbocycles. The third-order valence-electron chi connectivity index (χ3n) is 4.94. The van der Waals surface area contributed by atoms with Crippen molar-refractivity contribution in [2.24, 2.45) is 7.05 Å². The fourth-order valence-corrected chi connectivity index (χ4v) is 4.22. The van der Waals surface area contributed by atoms with Gasteiger partial charge < -0.3 is 14.2 Å². The van der Waals surface area contributed by atoms with Gasteiger partial charge in [0.15, 0.2) is 11.0 Å². The molecule has 2 atom stereocenters. The first-order valence-electron chi connectivity index (χ1n) is 9.71. The average molecular weight is 403 g/mol. The van der Waals surface area contributed by atoms with E-state index in [1.165, 1.54) is 17.3 Å². The zero-order valence-electron chi connectivity index (χ0n) is 17.6. The fourth-order valence-electron chi connectivity index (χ4n) is 3.41. The van der Waals surface area contributed by atoms with Crippen LogP contribution in [0.15, 0.2) is 29.4 Å². The van der Waals surface area contributed by atoms with Crippen LogP contribution >= 0.6 is 11.8 Å². The quantitative estimate of drug-likeness (QED) is 0.733. The van der Waals surface area contributed by atoms with Crippen molar-refractivity contribution in [3.63, 3.8) is 0 Å². The van der Waals surface area contributed by atoms with Crippen LogP contribution in [0.25, 0.3) is 11.4 Å². The molecule has 152 valence electrons. The smallest absolute Gasteiger partial charge is 0.233 e. The lowest BCUT2D eigenvalue weighted by atomic mass is 9.87. The van der Waals surface area contributed by atoms with Crippen molar-refractivity contribution in [1.29, 1.82) is 0 Å². The van der Waals surface area contributed by atoms with Crippen molar-refractivity contribution in [2.75, 3.05) is 18.8 Å². The highest BCUT2D eigenvalue weighted by Crippen LogP contribution is 2.27. The normalized spacial score (nSPS) is 20.4. The maximum Gasteiger partial charge on any atom is 0.233 e. The highest BCUT2D eigenvalue weighted by Gasteiger charge is 2.26. The molecule has 7 heteroatoms. The summed E-state index contributed by atoms with van der Waals surface area (Å²) in [7, 11) is 1.94. The molecule has 28 heavy (non-hydrogen) atoms. The molecule has 1 aliphatic rings. The highest BCUT2D eigenvalue weighted by atomic mass is 32.2. The maximum atomic E-state index is 12.6. The summed E-state index contributed by atoms with van der Waals surface area (Å²) in [6.07, 6.45) is 0.158. The topological polar surface area (TPSA) is 60.2 Å². The zero-order valence-corrected chi connectivity index (χ0v) is 18.4. The van der Waals surface area contributed by atoms with Crippen LogP contribution in [0.5, 0.6) is 0 Å². The van der Waals surface area contributed by atoms with Crippen molar-refractivity contribution in [1.82, 2.24) is 19.7 Å². The van der Waals surface area contributed by atoms with Crippen LogP contribution in [0.1, 0.15) is 40.2 Å². The van der Waals surface area contributed by atoms with Crippen molar-refractivity contribution < 1.29 is 9.53 Å². The number of morpholine rings is 1. The molecule has 3 rings (SSSR count). The van der Waals surface area contributed by atoms with Crippen LogP contribution in [-0.4, -0.2) is 56.6 Å². The largest absolute Gasteiger partial charge is 0.372 e. The highest BCUT2D eigenvalue weighted by molar-refractivity contribution is 7.99. The van der Waals surface area contributed by atoms with E-state index in [1.807, 2.05) is 30.4 Å². The van der Waals surface area contributed by atoms with Gasteiger partial charge in [-0.05, 0) is 24.8 Å². The lowest BCUT2D eigenvalue weighted by Gasteiger charge is -2.35. The van der Waals surface area contributed by atoms with Crippen LogP contribution in [0, 0.1) is 0 Å². The molecule has 1 fully saturated rings. The van der Waals surface area contributed by atoms with Gasteiger partial charge in [-0.3, -0.25) is 4.79 Å². The number of benzene rings is 1. The Labute approximate surface area is 171 Å². The van der Waals surface area contributed by atoms with E-state index in [9.17, 15) is 4.79 Å². The Morgan fingerprint density at radius 1 is 1.14 bits per heavy atom. The van der Waals surface area contributed by atoms with Gasteiger partial charge in [-0.1, -0.05) is 56.8 Å². The first-order valence-corrected chi connectivity index (χ1v) is 10.7. The molecule has 1 aromatic carbocycles. The minimum absolute atomic E-state index is 0.0789. The summed E-state index contributed by atoms with van der Waals surface area (Å²) >= 11 is 1.43. The third-order valence-corrected chi connectivity index (χ3v) is 5.95. The summed E-state index contributed by atoms with van der Waals surface area (Å²) < 4.78 is 7.66. The molecular formula is C21H30N4O2S. The Balaban J connectivity index is 1.65. The SMILES string of the molecule is C[C@H]1CN(C(=O)CSc2nnc(-c3ccc(C(C)(C)C)cc3)n2C)C[C@H](C)O1. The average Bonchev–Trinajstić information content (AvgIpc) is 2.99. The summed E-state index contributed by atoms with van der Waals surface area (Å²) in [4.78, 5) is 14.5. The Kier molecular flexibility index (Phi) is 6.15. The number of hydrogen-bond acceptors (Lipinski definition) is 5. The van der Waals surface area contributed by atoms with E-state index in [-0.39, 0.29) is 23.5 Å². The Morgan fingerprint density at radius 3 is 2.32 bits per heavy atom. The Bertz CT molecular complexity index is 816. The third kappa shape index (κ3) is 4.75. The molecule has 0 unspecified atom stereocenters. The molecule has 1 amide bonds. The van der Waals surface area contributed by atoms with Gasteiger partial charge in [-0.15, -0.1) is 10.2 Å². The first kappa shape index (κ1) is 20.9. The molecule has 0 bridgehead atoms. The van der Waals surface area contributed by atoms with Gasteiger partial charge in [-0.2, -0.15) is 0 Å². The maximum absolute atomic E-state index is 12.6. The lowest BCUT2D eigenvalue weighted by Crippen LogP contribution is -2.48. The molecule has 0 saturated carbocycles. The van der Waals surface area contributed by atoms with E-state index in [0.29, 0.717) is 18.8 Å². The Hall–Kier alpha value is -1.86. The summed E-state index contributed by atoms with van der Waals surface area (Å²) in [6.45, 7) is 11.9. The summed E-state index contributed by atoms with van der Waals surface area (Å²) in [5, 5.41) is 9.38. The van der Waals surface area contributed by atoms with Gasteiger partial charge in [0.2, 0.25) is 5.91 Å². The molecule has 0 N–H and O–H groups in total. The number of amides is 1.